The average molecular weight is 642 g/mol. The fraction of sp³-hybridized carbons (Fsp3) is 0.514. The second-order valence-electron chi connectivity index (χ2n) is 13.4. The Morgan fingerprint density at radius 2 is 1.62 bits per heavy atom. The maximum Gasteiger partial charge on any atom is 0.407 e. The third-order valence-electron chi connectivity index (χ3n) is 10.1. The number of carbonyl (C=O) groups excluding carboxylic acids is 3. The summed E-state index contributed by atoms with van der Waals surface area (Å²) < 4.78 is 11.2. The van der Waals surface area contributed by atoms with E-state index in [4.69, 9.17) is 19.5 Å². The van der Waals surface area contributed by atoms with Crippen molar-refractivity contribution in [2.24, 2.45) is 15.9 Å². The van der Waals surface area contributed by atoms with Gasteiger partial charge in [-0.15, -0.1) is 0 Å². The standard InChI is InChI=1S/C35H43N7O5/c1-20(2)31(40-35(45)46-3)34(44)42-13-5-7-28(42)33-37-18-26(39-33)22-8-9-23-15-24-14-21(10-11-29(24)47-30(23)16-22)25-17-36-32(38-25)27-6-4-12-41(27)19-43/h8-11,14,16,19-20,25-28,31H,4-7,12-13,15,17-18H2,1-3H3,(H,36,38)(H,37,39)(H,40,45)/t25?,26?,27-,28-,31-/m0/s1. The first kappa shape index (κ1) is 31.0. The van der Waals surface area contributed by atoms with Gasteiger partial charge in [-0.25, -0.2) is 4.79 Å². The van der Waals surface area contributed by atoms with E-state index in [9.17, 15) is 14.4 Å². The lowest BCUT2D eigenvalue weighted by Gasteiger charge is -2.31. The minimum Gasteiger partial charge on any atom is -0.457 e. The van der Waals surface area contributed by atoms with E-state index in [2.05, 4.69) is 46.3 Å². The van der Waals surface area contributed by atoms with E-state index in [1.54, 1.807) is 0 Å². The van der Waals surface area contributed by atoms with Gasteiger partial charge in [-0.2, -0.15) is 0 Å². The van der Waals surface area contributed by atoms with Crippen LogP contribution >= 0.6 is 0 Å². The SMILES string of the molecule is COC(=O)N[C@H](C(=O)N1CCC[C@H]1C1=NCC(c2ccc3c(c2)Oc2ccc(C4CN=C([C@@H]5CCCN5C=O)N4)cc2C3)N1)C(C)C. The first-order valence-electron chi connectivity index (χ1n) is 16.7. The number of aliphatic imine (C=N–C) groups is 2. The minimum atomic E-state index is -0.663. The fourth-order valence-corrected chi connectivity index (χ4v) is 7.51. The van der Waals surface area contributed by atoms with Gasteiger partial charge in [0.05, 0.1) is 44.4 Å². The van der Waals surface area contributed by atoms with E-state index in [1.807, 2.05) is 29.7 Å². The number of alkyl carbamates (subject to hydrolysis) is 1. The van der Waals surface area contributed by atoms with Crippen molar-refractivity contribution in [3.8, 4) is 11.5 Å². The molecular formula is C35H43N7O5. The predicted octanol–water partition coefficient (Wildman–Crippen LogP) is 3.46. The van der Waals surface area contributed by atoms with E-state index in [1.165, 1.54) is 12.7 Å². The van der Waals surface area contributed by atoms with Crippen molar-refractivity contribution in [3.05, 3.63) is 58.7 Å². The number of nitrogens with one attached hydrogen (secondary N) is 3. The summed E-state index contributed by atoms with van der Waals surface area (Å²) in [5, 5.41) is 9.89. The normalized spacial score (nSPS) is 25.2. The third-order valence-corrected chi connectivity index (χ3v) is 10.1. The lowest BCUT2D eigenvalue weighted by molar-refractivity contribution is -0.134. The number of hydrogen-bond donors (Lipinski definition) is 3. The van der Waals surface area contributed by atoms with Gasteiger partial charge in [-0.3, -0.25) is 19.6 Å². The molecule has 2 unspecified atom stereocenters. The molecule has 0 spiro atoms. The molecule has 0 bridgehead atoms. The Bertz CT molecular complexity index is 1620. The molecule has 0 aromatic heterocycles. The number of rotatable bonds is 8. The lowest BCUT2D eigenvalue weighted by Crippen LogP contribution is -2.54. The van der Waals surface area contributed by atoms with Gasteiger partial charge in [0.15, 0.2) is 0 Å². The number of benzene rings is 2. The van der Waals surface area contributed by atoms with Gasteiger partial charge in [-0.05, 0) is 72.1 Å². The number of amidine groups is 2. The highest BCUT2D eigenvalue weighted by atomic mass is 16.5. The third kappa shape index (κ3) is 6.01. The van der Waals surface area contributed by atoms with Crippen LogP contribution in [0, 0.1) is 5.92 Å². The number of fused-ring (bicyclic) bond motifs is 2. The van der Waals surface area contributed by atoms with Gasteiger partial charge < -0.3 is 35.2 Å². The van der Waals surface area contributed by atoms with Crippen molar-refractivity contribution >= 4 is 30.1 Å². The van der Waals surface area contributed by atoms with Crippen LogP contribution in [0.5, 0.6) is 11.5 Å². The molecule has 12 heteroatoms. The summed E-state index contributed by atoms with van der Waals surface area (Å²) in [5.74, 6) is 3.25. The predicted molar refractivity (Wildman–Crippen MR) is 177 cm³/mol. The Balaban J connectivity index is 0.988. The zero-order chi connectivity index (χ0) is 32.7. The summed E-state index contributed by atoms with van der Waals surface area (Å²) in [7, 11) is 1.30. The Morgan fingerprint density at radius 1 is 0.936 bits per heavy atom. The highest BCUT2D eigenvalue weighted by molar-refractivity contribution is 5.95. The summed E-state index contributed by atoms with van der Waals surface area (Å²) in [6.45, 7) is 6.48. The van der Waals surface area contributed by atoms with Gasteiger partial charge in [0.25, 0.3) is 0 Å². The second kappa shape index (κ2) is 12.9. The van der Waals surface area contributed by atoms with Crippen LogP contribution in [0.3, 0.4) is 0 Å². The highest BCUT2D eigenvalue weighted by Crippen LogP contribution is 2.40. The largest absolute Gasteiger partial charge is 0.457 e. The average Bonchev–Trinajstić information content (AvgIpc) is 3.91. The molecular weight excluding hydrogens is 598 g/mol. The molecule has 0 radical (unpaired) electrons. The molecule has 2 fully saturated rings. The molecule has 248 valence electrons. The summed E-state index contributed by atoms with van der Waals surface area (Å²) in [6, 6.07) is 12.1. The second-order valence-corrected chi connectivity index (χ2v) is 13.4. The Morgan fingerprint density at radius 3 is 2.34 bits per heavy atom. The lowest BCUT2D eigenvalue weighted by atomic mass is 9.94. The monoisotopic (exact) mass is 641 g/mol. The quantitative estimate of drug-likeness (QED) is 0.321. The zero-order valence-corrected chi connectivity index (χ0v) is 27.2. The van der Waals surface area contributed by atoms with Gasteiger partial charge in [0, 0.05) is 19.5 Å². The summed E-state index contributed by atoms with van der Waals surface area (Å²) in [5.41, 5.74) is 4.53. The van der Waals surface area contributed by atoms with Crippen LogP contribution in [-0.4, -0.2) is 91.3 Å². The van der Waals surface area contributed by atoms with Crippen molar-refractivity contribution < 1.29 is 23.9 Å². The van der Waals surface area contributed by atoms with Gasteiger partial charge in [-0.1, -0.05) is 32.0 Å². The molecule has 5 atom stereocenters. The summed E-state index contributed by atoms with van der Waals surface area (Å²) >= 11 is 0. The molecule has 5 aliphatic heterocycles. The van der Waals surface area contributed by atoms with Gasteiger partial charge >= 0.3 is 6.09 Å². The number of carbonyl (C=O) groups is 3. The molecule has 7 rings (SSSR count). The van der Waals surface area contributed by atoms with Gasteiger partial charge in [0.2, 0.25) is 12.3 Å². The van der Waals surface area contributed by atoms with E-state index in [0.29, 0.717) is 19.6 Å². The van der Waals surface area contributed by atoms with Crippen LogP contribution < -0.4 is 20.7 Å². The molecule has 3 amide bonds. The van der Waals surface area contributed by atoms with Crippen LogP contribution in [0.15, 0.2) is 46.4 Å². The number of likely N-dealkylation sites (tertiary alicyclic amines) is 2. The van der Waals surface area contributed by atoms with E-state index < -0.39 is 12.1 Å². The number of ether oxygens (including phenoxy) is 2. The van der Waals surface area contributed by atoms with E-state index >= 15 is 0 Å². The molecule has 5 aliphatic rings. The smallest absolute Gasteiger partial charge is 0.407 e. The highest BCUT2D eigenvalue weighted by Gasteiger charge is 2.40. The van der Waals surface area contributed by atoms with Crippen LogP contribution in [0.25, 0.3) is 0 Å². The number of hydrogen-bond acceptors (Lipinski definition) is 9. The number of nitrogens with zero attached hydrogens (tertiary/aromatic N) is 4. The first-order valence-corrected chi connectivity index (χ1v) is 16.7. The van der Waals surface area contributed by atoms with E-state index in [-0.39, 0.29) is 36.0 Å². The molecule has 0 saturated carbocycles. The van der Waals surface area contributed by atoms with Crippen molar-refractivity contribution in [2.75, 3.05) is 33.3 Å². The first-order chi connectivity index (χ1) is 22.8. The summed E-state index contributed by atoms with van der Waals surface area (Å²) in [4.78, 5) is 50.2. The van der Waals surface area contributed by atoms with Crippen LogP contribution in [0.2, 0.25) is 0 Å². The zero-order valence-electron chi connectivity index (χ0n) is 27.2. The Kier molecular flexibility index (Phi) is 8.50. The van der Waals surface area contributed by atoms with Gasteiger partial charge in [0.1, 0.15) is 29.2 Å². The number of methoxy groups -OCH3 is 1. The molecule has 5 heterocycles. The molecule has 12 nitrogen and oxygen atoms in total. The maximum atomic E-state index is 13.5. The maximum absolute atomic E-state index is 13.5. The molecule has 0 aliphatic carbocycles. The topological polar surface area (TPSA) is 137 Å². The molecule has 2 saturated heterocycles. The van der Waals surface area contributed by atoms with Crippen molar-refractivity contribution in [1.82, 2.24) is 25.8 Å². The van der Waals surface area contributed by atoms with Crippen LogP contribution in [-0.2, 0) is 20.7 Å². The van der Waals surface area contributed by atoms with Crippen LogP contribution in [0.4, 0.5) is 4.79 Å². The molecule has 2 aromatic rings. The van der Waals surface area contributed by atoms with Crippen molar-refractivity contribution in [2.45, 2.75) is 76.2 Å². The summed E-state index contributed by atoms with van der Waals surface area (Å²) in [6.07, 6.45) is 4.76. The fourth-order valence-electron chi connectivity index (χ4n) is 7.51. The van der Waals surface area contributed by atoms with Crippen molar-refractivity contribution in [3.63, 3.8) is 0 Å². The Hall–Kier alpha value is -4.61. The van der Waals surface area contributed by atoms with Crippen LogP contribution in [0.1, 0.15) is 73.9 Å². The minimum absolute atomic E-state index is 0.0213. The van der Waals surface area contributed by atoms with Crippen molar-refractivity contribution in [1.29, 1.82) is 0 Å². The Labute approximate surface area is 275 Å². The molecule has 3 N–H and O–H groups in total. The van der Waals surface area contributed by atoms with E-state index in [0.717, 1.165) is 84.9 Å². The molecule has 2 aromatic carbocycles. The number of amides is 3. The molecule has 47 heavy (non-hydrogen) atoms.